The summed E-state index contributed by atoms with van der Waals surface area (Å²) in [6.45, 7) is 2.84. The summed E-state index contributed by atoms with van der Waals surface area (Å²) in [5.41, 5.74) is 3.16. The lowest BCUT2D eigenvalue weighted by Crippen LogP contribution is -2.31. The molecule has 1 fully saturated rings. The number of hydrogen-bond donors (Lipinski definition) is 0. The summed E-state index contributed by atoms with van der Waals surface area (Å²) >= 11 is 0. The normalized spacial score (nSPS) is 17.9. The molecule has 0 radical (unpaired) electrons. The Hall–Kier alpha value is -2.24. The molecule has 1 atom stereocenters. The van der Waals surface area contributed by atoms with E-state index in [4.69, 9.17) is 0 Å². The van der Waals surface area contributed by atoms with Gasteiger partial charge in [-0.25, -0.2) is 0 Å². The lowest BCUT2D eigenvalue weighted by molar-refractivity contribution is -0.132. The van der Waals surface area contributed by atoms with Crippen molar-refractivity contribution in [3.8, 4) is 0 Å². The maximum absolute atomic E-state index is 12.6. The molecule has 6 heteroatoms. The molecule has 1 unspecified atom stereocenters. The van der Waals surface area contributed by atoms with E-state index in [2.05, 4.69) is 15.1 Å². The highest BCUT2D eigenvalue weighted by Crippen LogP contribution is 2.30. The van der Waals surface area contributed by atoms with Gasteiger partial charge in [0.1, 0.15) is 0 Å². The predicted octanol–water partition coefficient (Wildman–Crippen LogP) is 1.81. The molecule has 1 amide bonds. The van der Waals surface area contributed by atoms with Crippen molar-refractivity contribution >= 4 is 5.91 Å². The molecule has 1 aliphatic rings. The molecular formula is C16H21N5O. The van der Waals surface area contributed by atoms with Crippen LogP contribution in [0, 0.1) is 6.92 Å². The van der Waals surface area contributed by atoms with E-state index in [1.54, 1.807) is 18.6 Å². The fourth-order valence-electron chi connectivity index (χ4n) is 3.03. The zero-order valence-electron chi connectivity index (χ0n) is 13.1. The molecule has 3 rings (SSSR count). The predicted molar refractivity (Wildman–Crippen MR) is 82.0 cm³/mol. The zero-order chi connectivity index (χ0) is 15.5. The highest BCUT2D eigenvalue weighted by Gasteiger charge is 2.30. The third-order valence-electron chi connectivity index (χ3n) is 4.44. The van der Waals surface area contributed by atoms with Crippen LogP contribution in [0.5, 0.6) is 0 Å². The van der Waals surface area contributed by atoms with Crippen molar-refractivity contribution in [2.75, 3.05) is 6.54 Å². The van der Waals surface area contributed by atoms with Crippen LogP contribution in [0.3, 0.4) is 0 Å². The van der Waals surface area contributed by atoms with Gasteiger partial charge in [-0.05, 0) is 31.7 Å². The molecule has 1 saturated heterocycles. The maximum atomic E-state index is 12.6. The fraction of sp³-hybridized carbons (Fsp3) is 0.500. The van der Waals surface area contributed by atoms with Crippen molar-refractivity contribution in [2.24, 2.45) is 7.05 Å². The quantitative estimate of drug-likeness (QED) is 0.864. The minimum atomic E-state index is 0.0798. The fourth-order valence-corrected chi connectivity index (χ4v) is 3.03. The van der Waals surface area contributed by atoms with E-state index in [0.29, 0.717) is 6.42 Å². The van der Waals surface area contributed by atoms with Crippen LogP contribution in [-0.4, -0.2) is 37.1 Å². The lowest BCUT2D eigenvalue weighted by Gasteiger charge is -2.24. The van der Waals surface area contributed by atoms with E-state index in [0.717, 1.165) is 42.8 Å². The highest BCUT2D eigenvalue weighted by atomic mass is 16.2. The second kappa shape index (κ2) is 6.25. The molecule has 1 aliphatic heterocycles. The molecular weight excluding hydrogens is 278 g/mol. The molecule has 0 N–H and O–H groups in total. The van der Waals surface area contributed by atoms with Crippen LogP contribution >= 0.6 is 0 Å². The van der Waals surface area contributed by atoms with Gasteiger partial charge in [0.15, 0.2) is 0 Å². The number of likely N-dealkylation sites (tertiary alicyclic amines) is 1. The maximum Gasteiger partial charge on any atom is 0.223 e. The van der Waals surface area contributed by atoms with Gasteiger partial charge >= 0.3 is 0 Å². The first kappa shape index (κ1) is 14.7. The van der Waals surface area contributed by atoms with Crippen molar-refractivity contribution < 1.29 is 4.79 Å². The molecule has 22 heavy (non-hydrogen) atoms. The van der Waals surface area contributed by atoms with Gasteiger partial charge in [0, 0.05) is 38.1 Å². The Morgan fingerprint density at radius 1 is 1.36 bits per heavy atom. The number of carbonyl (C=O) groups is 1. The highest BCUT2D eigenvalue weighted by molar-refractivity contribution is 5.77. The summed E-state index contributed by atoms with van der Waals surface area (Å²) in [6.07, 6.45) is 10.2. The van der Waals surface area contributed by atoms with Crippen LogP contribution in [0.4, 0.5) is 0 Å². The Morgan fingerprint density at radius 2 is 2.23 bits per heavy atom. The standard InChI is InChI=1S/C16H21N5O/c1-12-13(10-19-20(12)2)5-6-16(22)21-9-3-4-15(21)14-11-17-7-8-18-14/h7-8,10-11,15H,3-6,9H2,1-2H3. The topological polar surface area (TPSA) is 63.9 Å². The number of aromatic nitrogens is 4. The molecule has 3 heterocycles. The summed E-state index contributed by atoms with van der Waals surface area (Å²) in [5.74, 6) is 0.191. The summed E-state index contributed by atoms with van der Waals surface area (Å²) in [4.78, 5) is 23.0. The van der Waals surface area contributed by atoms with E-state index < -0.39 is 0 Å². The molecule has 2 aromatic rings. The number of hydrogen-bond acceptors (Lipinski definition) is 4. The Bertz CT molecular complexity index is 652. The van der Waals surface area contributed by atoms with Gasteiger partial charge in [-0.3, -0.25) is 19.4 Å². The van der Waals surface area contributed by atoms with Gasteiger partial charge in [-0.2, -0.15) is 5.10 Å². The Balaban J connectivity index is 1.65. The van der Waals surface area contributed by atoms with E-state index in [9.17, 15) is 4.79 Å². The van der Waals surface area contributed by atoms with Gasteiger partial charge in [0.2, 0.25) is 5.91 Å². The molecule has 0 aromatic carbocycles. The van der Waals surface area contributed by atoms with Gasteiger partial charge in [0.25, 0.3) is 0 Å². The molecule has 2 aromatic heterocycles. The van der Waals surface area contributed by atoms with Crippen LogP contribution in [-0.2, 0) is 18.3 Å². The van der Waals surface area contributed by atoms with Crippen molar-refractivity contribution in [1.29, 1.82) is 0 Å². The van der Waals surface area contributed by atoms with Crippen molar-refractivity contribution in [3.05, 3.63) is 41.7 Å². The van der Waals surface area contributed by atoms with Crippen LogP contribution < -0.4 is 0 Å². The van der Waals surface area contributed by atoms with Crippen LogP contribution in [0.15, 0.2) is 24.8 Å². The van der Waals surface area contributed by atoms with Crippen molar-refractivity contribution in [2.45, 2.75) is 38.6 Å². The molecule has 6 nitrogen and oxygen atoms in total. The smallest absolute Gasteiger partial charge is 0.223 e. The SMILES string of the molecule is Cc1c(CCC(=O)N2CCCC2c2cnccn2)cnn1C. The Kier molecular flexibility index (Phi) is 4.18. The number of carbonyl (C=O) groups excluding carboxylic acids is 1. The summed E-state index contributed by atoms with van der Waals surface area (Å²) in [5, 5.41) is 4.23. The van der Waals surface area contributed by atoms with Crippen LogP contribution in [0.2, 0.25) is 0 Å². The molecule has 116 valence electrons. The largest absolute Gasteiger partial charge is 0.334 e. The van der Waals surface area contributed by atoms with Gasteiger partial charge in [-0.15, -0.1) is 0 Å². The molecule has 0 bridgehead atoms. The minimum Gasteiger partial charge on any atom is -0.334 e. The number of aryl methyl sites for hydroxylation is 2. The summed E-state index contributed by atoms with van der Waals surface area (Å²) in [6, 6.07) is 0.0798. The average Bonchev–Trinajstić information content (AvgIpc) is 3.15. The van der Waals surface area contributed by atoms with E-state index in [1.807, 2.05) is 29.7 Å². The van der Waals surface area contributed by atoms with E-state index in [1.165, 1.54) is 0 Å². The van der Waals surface area contributed by atoms with E-state index >= 15 is 0 Å². The number of nitrogens with zero attached hydrogens (tertiary/aromatic N) is 5. The van der Waals surface area contributed by atoms with Crippen LogP contribution in [0.25, 0.3) is 0 Å². The first-order valence-corrected chi connectivity index (χ1v) is 7.69. The third-order valence-corrected chi connectivity index (χ3v) is 4.44. The van der Waals surface area contributed by atoms with Crippen LogP contribution in [0.1, 0.15) is 42.3 Å². The summed E-state index contributed by atoms with van der Waals surface area (Å²) in [7, 11) is 1.92. The third kappa shape index (κ3) is 2.86. The zero-order valence-corrected chi connectivity index (χ0v) is 13.1. The lowest BCUT2D eigenvalue weighted by atomic mass is 10.1. The average molecular weight is 299 g/mol. The monoisotopic (exact) mass is 299 g/mol. The summed E-state index contributed by atoms with van der Waals surface area (Å²) < 4.78 is 1.85. The Labute approximate surface area is 130 Å². The van der Waals surface area contributed by atoms with Crippen molar-refractivity contribution in [3.63, 3.8) is 0 Å². The minimum absolute atomic E-state index is 0.0798. The number of rotatable bonds is 4. The van der Waals surface area contributed by atoms with Gasteiger partial charge in [0.05, 0.1) is 24.1 Å². The van der Waals surface area contributed by atoms with E-state index in [-0.39, 0.29) is 11.9 Å². The first-order valence-electron chi connectivity index (χ1n) is 7.69. The molecule has 0 saturated carbocycles. The Morgan fingerprint density at radius 3 is 2.91 bits per heavy atom. The van der Waals surface area contributed by atoms with Crippen molar-refractivity contribution in [1.82, 2.24) is 24.6 Å². The second-order valence-electron chi connectivity index (χ2n) is 5.75. The first-order chi connectivity index (χ1) is 10.7. The van der Waals surface area contributed by atoms with Gasteiger partial charge < -0.3 is 4.90 Å². The van der Waals surface area contributed by atoms with Gasteiger partial charge in [-0.1, -0.05) is 0 Å². The number of amides is 1. The molecule has 0 aliphatic carbocycles. The second-order valence-corrected chi connectivity index (χ2v) is 5.75. The molecule has 0 spiro atoms.